The zero-order valence-corrected chi connectivity index (χ0v) is 11.0. The van der Waals surface area contributed by atoms with Gasteiger partial charge in [-0.05, 0) is 35.1 Å². The molecule has 0 spiro atoms. The van der Waals surface area contributed by atoms with Crippen molar-refractivity contribution in [2.24, 2.45) is 0 Å². The summed E-state index contributed by atoms with van der Waals surface area (Å²) >= 11 is 3.49. The Morgan fingerprint density at radius 2 is 2.07 bits per heavy atom. The van der Waals surface area contributed by atoms with E-state index in [9.17, 15) is 5.11 Å². The summed E-state index contributed by atoms with van der Waals surface area (Å²) in [6.45, 7) is 6.51. The van der Waals surface area contributed by atoms with Gasteiger partial charge in [-0.1, -0.05) is 42.8 Å². The first-order valence-corrected chi connectivity index (χ1v) is 6.19. The Labute approximate surface area is 99.6 Å². The van der Waals surface area contributed by atoms with Gasteiger partial charge >= 0.3 is 0 Å². The number of halogens is 1. The van der Waals surface area contributed by atoms with Crippen LogP contribution < -0.4 is 0 Å². The topological polar surface area (TPSA) is 20.2 Å². The van der Waals surface area contributed by atoms with Crippen molar-refractivity contribution in [2.75, 3.05) is 0 Å². The highest BCUT2D eigenvalue weighted by Crippen LogP contribution is 2.43. The fourth-order valence-corrected chi connectivity index (χ4v) is 2.92. The molecule has 82 valence electrons. The average molecular weight is 269 g/mol. The summed E-state index contributed by atoms with van der Waals surface area (Å²) in [6.07, 6.45) is 0.629. The molecule has 0 amide bonds. The minimum Gasteiger partial charge on any atom is -0.392 e. The maximum absolute atomic E-state index is 10.0. The third-order valence-corrected chi connectivity index (χ3v) is 4.02. The SMILES string of the molecule is CC1c2cc(Br)ccc2C(C)(C)CC1O. The lowest BCUT2D eigenvalue weighted by Crippen LogP contribution is -2.35. The van der Waals surface area contributed by atoms with Crippen molar-refractivity contribution in [2.45, 2.75) is 44.6 Å². The molecule has 0 saturated heterocycles. The maximum atomic E-state index is 10.0. The van der Waals surface area contributed by atoms with E-state index in [1.54, 1.807) is 0 Å². The lowest BCUT2D eigenvalue weighted by Gasteiger charge is -2.39. The van der Waals surface area contributed by atoms with Gasteiger partial charge in [0.05, 0.1) is 6.10 Å². The first kappa shape index (κ1) is 11.2. The molecule has 1 nitrogen and oxygen atoms in total. The van der Waals surface area contributed by atoms with E-state index >= 15 is 0 Å². The van der Waals surface area contributed by atoms with Crippen molar-refractivity contribution >= 4 is 15.9 Å². The van der Waals surface area contributed by atoms with Gasteiger partial charge in [-0.15, -0.1) is 0 Å². The van der Waals surface area contributed by atoms with Crippen molar-refractivity contribution < 1.29 is 5.11 Å². The molecule has 1 N–H and O–H groups in total. The van der Waals surface area contributed by atoms with Gasteiger partial charge < -0.3 is 5.11 Å². The highest BCUT2D eigenvalue weighted by atomic mass is 79.9. The lowest BCUT2D eigenvalue weighted by molar-refractivity contribution is 0.104. The van der Waals surface area contributed by atoms with Crippen LogP contribution in [0.3, 0.4) is 0 Å². The van der Waals surface area contributed by atoms with E-state index in [1.807, 2.05) is 0 Å². The van der Waals surface area contributed by atoms with Crippen LogP contribution in [0.5, 0.6) is 0 Å². The molecule has 1 aliphatic rings. The number of hydrogen-bond donors (Lipinski definition) is 1. The first-order valence-electron chi connectivity index (χ1n) is 5.40. The predicted octanol–water partition coefficient (Wildman–Crippen LogP) is 3.59. The monoisotopic (exact) mass is 268 g/mol. The summed E-state index contributed by atoms with van der Waals surface area (Å²) in [5, 5.41) is 10.0. The second-order valence-electron chi connectivity index (χ2n) is 5.18. The Bertz CT molecular complexity index is 384. The molecule has 1 aromatic rings. The molecule has 0 bridgehead atoms. The number of hydrogen-bond acceptors (Lipinski definition) is 1. The third-order valence-electron chi connectivity index (χ3n) is 3.53. The molecular weight excluding hydrogens is 252 g/mol. The van der Waals surface area contributed by atoms with Crippen LogP contribution in [0.1, 0.15) is 44.2 Å². The van der Waals surface area contributed by atoms with Crippen LogP contribution in [-0.2, 0) is 5.41 Å². The van der Waals surface area contributed by atoms with Crippen LogP contribution in [0, 0.1) is 0 Å². The van der Waals surface area contributed by atoms with E-state index in [2.05, 4.69) is 54.9 Å². The van der Waals surface area contributed by atoms with Crippen LogP contribution >= 0.6 is 15.9 Å². The highest BCUT2D eigenvalue weighted by molar-refractivity contribution is 9.10. The number of fused-ring (bicyclic) bond motifs is 1. The fraction of sp³-hybridized carbons (Fsp3) is 0.538. The van der Waals surface area contributed by atoms with Gasteiger partial charge in [0, 0.05) is 10.4 Å². The lowest BCUT2D eigenvalue weighted by atomic mass is 9.68. The molecule has 0 aromatic heterocycles. The van der Waals surface area contributed by atoms with Crippen LogP contribution in [0.4, 0.5) is 0 Å². The van der Waals surface area contributed by atoms with Crippen molar-refractivity contribution in [3.05, 3.63) is 33.8 Å². The van der Waals surface area contributed by atoms with Crippen LogP contribution in [0.2, 0.25) is 0 Å². The Morgan fingerprint density at radius 3 is 2.73 bits per heavy atom. The molecule has 0 heterocycles. The Kier molecular flexibility index (Phi) is 2.68. The van der Waals surface area contributed by atoms with Gasteiger partial charge in [0.1, 0.15) is 0 Å². The maximum Gasteiger partial charge on any atom is 0.0614 e. The van der Waals surface area contributed by atoms with Gasteiger partial charge in [0.2, 0.25) is 0 Å². The zero-order valence-electron chi connectivity index (χ0n) is 9.42. The smallest absolute Gasteiger partial charge is 0.0614 e. The van der Waals surface area contributed by atoms with Crippen LogP contribution in [0.15, 0.2) is 22.7 Å². The molecule has 2 rings (SSSR count). The summed E-state index contributed by atoms with van der Waals surface area (Å²) in [5.74, 6) is 0.241. The average Bonchev–Trinajstić information content (AvgIpc) is 2.13. The quantitative estimate of drug-likeness (QED) is 0.763. The van der Waals surface area contributed by atoms with Gasteiger partial charge in [-0.3, -0.25) is 0 Å². The molecule has 15 heavy (non-hydrogen) atoms. The summed E-state index contributed by atoms with van der Waals surface area (Å²) in [4.78, 5) is 0. The molecule has 1 aliphatic carbocycles. The van der Waals surface area contributed by atoms with Gasteiger partial charge in [0.15, 0.2) is 0 Å². The number of rotatable bonds is 0. The van der Waals surface area contributed by atoms with E-state index < -0.39 is 0 Å². The van der Waals surface area contributed by atoms with Crippen molar-refractivity contribution in [3.63, 3.8) is 0 Å². The summed E-state index contributed by atoms with van der Waals surface area (Å²) in [6, 6.07) is 6.41. The van der Waals surface area contributed by atoms with E-state index in [0.29, 0.717) is 0 Å². The summed E-state index contributed by atoms with van der Waals surface area (Å²) < 4.78 is 1.10. The normalized spacial score (nSPS) is 28.6. The standard InChI is InChI=1S/C13H17BrO/c1-8-10-6-9(14)4-5-11(10)13(2,3)7-12(8)15/h4-6,8,12,15H,7H2,1-3H3. The molecule has 0 aliphatic heterocycles. The van der Waals surface area contributed by atoms with Crippen molar-refractivity contribution in [1.82, 2.24) is 0 Å². The first-order chi connectivity index (χ1) is 6.92. The molecule has 1 aromatic carbocycles. The Morgan fingerprint density at radius 1 is 1.40 bits per heavy atom. The molecule has 0 radical (unpaired) electrons. The van der Waals surface area contributed by atoms with Crippen LogP contribution in [-0.4, -0.2) is 11.2 Å². The highest BCUT2D eigenvalue weighted by Gasteiger charge is 2.36. The fourth-order valence-electron chi connectivity index (χ4n) is 2.54. The Balaban J connectivity index is 2.59. The van der Waals surface area contributed by atoms with E-state index in [-0.39, 0.29) is 17.4 Å². The number of aliphatic hydroxyl groups is 1. The van der Waals surface area contributed by atoms with Crippen molar-refractivity contribution in [3.8, 4) is 0 Å². The van der Waals surface area contributed by atoms with E-state index in [0.717, 1.165) is 10.9 Å². The van der Waals surface area contributed by atoms with Crippen LogP contribution in [0.25, 0.3) is 0 Å². The molecule has 0 fully saturated rings. The minimum absolute atomic E-state index is 0.0853. The van der Waals surface area contributed by atoms with E-state index in [1.165, 1.54) is 11.1 Å². The molecular formula is C13H17BrO. The van der Waals surface area contributed by atoms with Gasteiger partial charge in [0.25, 0.3) is 0 Å². The third kappa shape index (κ3) is 1.85. The Hall–Kier alpha value is -0.340. The summed E-state index contributed by atoms with van der Waals surface area (Å²) in [7, 11) is 0. The van der Waals surface area contributed by atoms with Gasteiger partial charge in [-0.2, -0.15) is 0 Å². The zero-order chi connectivity index (χ0) is 11.2. The number of aliphatic hydroxyl groups excluding tert-OH is 1. The van der Waals surface area contributed by atoms with Crippen molar-refractivity contribution in [1.29, 1.82) is 0 Å². The predicted molar refractivity (Wildman–Crippen MR) is 66.2 cm³/mol. The molecule has 2 atom stereocenters. The van der Waals surface area contributed by atoms with E-state index in [4.69, 9.17) is 0 Å². The molecule has 2 unspecified atom stereocenters. The van der Waals surface area contributed by atoms with Gasteiger partial charge in [-0.25, -0.2) is 0 Å². The largest absolute Gasteiger partial charge is 0.392 e. The number of benzene rings is 1. The minimum atomic E-state index is -0.221. The second-order valence-corrected chi connectivity index (χ2v) is 6.09. The second kappa shape index (κ2) is 3.60. The summed E-state index contributed by atoms with van der Waals surface area (Å²) in [5.41, 5.74) is 2.75. The molecule has 2 heteroatoms. The molecule has 0 saturated carbocycles.